The van der Waals surface area contributed by atoms with E-state index in [1.165, 1.54) is 23.1 Å². The standard InChI is InChI=1S/C13H11N5S2/c1-2-7-14-12-17-18-13(20-12)19-11-8-15-9-5-3-4-6-10(9)16-11/h2-6,8H,1,7H2,(H,14,17). The van der Waals surface area contributed by atoms with E-state index in [4.69, 9.17) is 0 Å². The molecule has 0 aliphatic carbocycles. The summed E-state index contributed by atoms with van der Waals surface area (Å²) in [6, 6.07) is 7.79. The Kier molecular flexibility index (Phi) is 3.89. The maximum atomic E-state index is 4.54. The molecule has 0 saturated heterocycles. The van der Waals surface area contributed by atoms with Crippen molar-refractivity contribution in [3.05, 3.63) is 43.1 Å². The van der Waals surface area contributed by atoms with E-state index in [9.17, 15) is 0 Å². The van der Waals surface area contributed by atoms with E-state index in [-0.39, 0.29) is 0 Å². The summed E-state index contributed by atoms with van der Waals surface area (Å²) in [4.78, 5) is 8.92. The average Bonchev–Trinajstić information content (AvgIpc) is 2.92. The van der Waals surface area contributed by atoms with Crippen LogP contribution in [0.25, 0.3) is 11.0 Å². The number of para-hydroxylation sites is 2. The van der Waals surface area contributed by atoms with Crippen LogP contribution in [0.3, 0.4) is 0 Å². The van der Waals surface area contributed by atoms with Crippen molar-refractivity contribution in [2.24, 2.45) is 0 Å². The molecule has 7 heteroatoms. The molecule has 0 amide bonds. The Labute approximate surface area is 124 Å². The molecule has 0 aliphatic rings. The molecule has 0 atom stereocenters. The van der Waals surface area contributed by atoms with Gasteiger partial charge in [-0.1, -0.05) is 29.5 Å². The second kappa shape index (κ2) is 5.98. The number of benzene rings is 1. The largest absolute Gasteiger partial charge is 0.357 e. The molecule has 1 N–H and O–H groups in total. The number of rotatable bonds is 5. The molecular formula is C13H11N5S2. The predicted molar refractivity (Wildman–Crippen MR) is 82.3 cm³/mol. The van der Waals surface area contributed by atoms with Gasteiger partial charge in [0.15, 0.2) is 4.34 Å². The Morgan fingerprint density at radius 2 is 2.10 bits per heavy atom. The van der Waals surface area contributed by atoms with Gasteiger partial charge < -0.3 is 5.32 Å². The Bertz CT molecular complexity index is 740. The molecule has 2 heterocycles. The van der Waals surface area contributed by atoms with Gasteiger partial charge in [0.05, 0.1) is 17.2 Å². The Morgan fingerprint density at radius 3 is 2.95 bits per heavy atom. The first kappa shape index (κ1) is 13.0. The number of anilines is 1. The summed E-state index contributed by atoms with van der Waals surface area (Å²) in [5, 5.41) is 12.9. The minimum atomic E-state index is 0.676. The number of nitrogens with one attached hydrogen (secondary N) is 1. The molecule has 0 aliphatic heterocycles. The van der Waals surface area contributed by atoms with Gasteiger partial charge in [-0.15, -0.1) is 16.8 Å². The van der Waals surface area contributed by atoms with Crippen LogP contribution in [0.5, 0.6) is 0 Å². The number of hydrogen-bond donors (Lipinski definition) is 1. The van der Waals surface area contributed by atoms with Crippen molar-refractivity contribution in [3.8, 4) is 0 Å². The molecular weight excluding hydrogens is 290 g/mol. The predicted octanol–water partition coefficient (Wildman–Crippen LogP) is 3.23. The van der Waals surface area contributed by atoms with Gasteiger partial charge in [0.25, 0.3) is 0 Å². The molecule has 2 aromatic heterocycles. The van der Waals surface area contributed by atoms with Crippen LogP contribution in [-0.4, -0.2) is 26.7 Å². The minimum Gasteiger partial charge on any atom is -0.357 e. The number of aromatic nitrogens is 4. The van der Waals surface area contributed by atoms with Gasteiger partial charge in [0.2, 0.25) is 5.13 Å². The van der Waals surface area contributed by atoms with Gasteiger partial charge in [-0.25, -0.2) is 4.98 Å². The lowest BCUT2D eigenvalue weighted by atomic mass is 10.3. The molecule has 5 nitrogen and oxygen atoms in total. The smallest absolute Gasteiger partial charge is 0.206 e. The van der Waals surface area contributed by atoms with Gasteiger partial charge in [-0.2, -0.15) is 0 Å². The van der Waals surface area contributed by atoms with Gasteiger partial charge in [-0.05, 0) is 23.9 Å². The highest BCUT2D eigenvalue weighted by atomic mass is 32.2. The van der Waals surface area contributed by atoms with Crippen LogP contribution in [0.4, 0.5) is 5.13 Å². The highest BCUT2D eigenvalue weighted by Gasteiger charge is 2.07. The molecule has 0 saturated carbocycles. The summed E-state index contributed by atoms with van der Waals surface area (Å²) >= 11 is 2.95. The van der Waals surface area contributed by atoms with Crippen LogP contribution in [0.1, 0.15) is 0 Å². The summed E-state index contributed by atoms with van der Waals surface area (Å²) in [7, 11) is 0. The van der Waals surface area contributed by atoms with Crippen molar-refractivity contribution in [2.75, 3.05) is 11.9 Å². The van der Waals surface area contributed by atoms with Crippen molar-refractivity contribution in [2.45, 2.75) is 9.37 Å². The fraction of sp³-hybridized carbons (Fsp3) is 0.0769. The maximum Gasteiger partial charge on any atom is 0.206 e. The average molecular weight is 301 g/mol. The summed E-state index contributed by atoms with van der Waals surface area (Å²) in [5.41, 5.74) is 1.77. The van der Waals surface area contributed by atoms with E-state index in [2.05, 4.69) is 32.1 Å². The second-order valence-corrected chi connectivity index (χ2v) is 6.09. The second-order valence-electron chi connectivity index (χ2n) is 3.84. The SMILES string of the molecule is C=CCNc1nnc(Sc2cnc3ccccc3n2)s1. The van der Waals surface area contributed by atoms with E-state index >= 15 is 0 Å². The molecule has 0 fully saturated rings. The lowest BCUT2D eigenvalue weighted by molar-refractivity contribution is 1.00. The van der Waals surface area contributed by atoms with Crippen molar-refractivity contribution in [3.63, 3.8) is 0 Å². The zero-order valence-corrected chi connectivity index (χ0v) is 12.1. The Morgan fingerprint density at radius 1 is 1.25 bits per heavy atom. The summed E-state index contributed by atoms with van der Waals surface area (Å²) in [5.74, 6) is 0. The topological polar surface area (TPSA) is 63.6 Å². The molecule has 0 bridgehead atoms. The van der Waals surface area contributed by atoms with Crippen LogP contribution in [0, 0.1) is 0 Å². The third-order valence-corrected chi connectivity index (χ3v) is 4.26. The van der Waals surface area contributed by atoms with Crippen LogP contribution < -0.4 is 5.32 Å². The van der Waals surface area contributed by atoms with Gasteiger partial charge in [0, 0.05) is 6.54 Å². The molecule has 0 spiro atoms. The molecule has 1 aromatic carbocycles. The number of fused-ring (bicyclic) bond motifs is 1. The molecule has 3 aromatic rings. The van der Waals surface area contributed by atoms with Crippen molar-refractivity contribution in [1.82, 2.24) is 20.2 Å². The normalized spacial score (nSPS) is 10.6. The van der Waals surface area contributed by atoms with Gasteiger partial charge in [-0.3, -0.25) is 4.98 Å². The third-order valence-electron chi connectivity index (χ3n) is 2.42. The van der Waals surface area contributed by atoms with Crippen LogP contribution in [-0.2, 0) is 0 Å². The number of nitrogens with zero attached hydrogens (tertiary/aromatic N) is 4. The molecule has 20 heavy (non-hydrogen) atoms. The first-order valence-electron chi connectivity index (χ1n) is 5.93. The summed E-state index contributed by atoms with van der Waals surface area (Å²) in [6.45, 7) is 4.33. The maximum absolute atomic E-state index is 4.54. The van der Waals surface area contributed by atoms with Crippen molar-refractivity contribution >= 4 is 39.3 Å². The first-order chi connectivity index (χ1) is 9.85. The Hall–Kier alpha value is -1.99. The lowest BCUT2D eigenvalue weighted by Crippen LogP contribution is -1.96. The van der Waals surface area contributed by atoms with E-state index in [0.29, 0.717) is 6.54 Å². The number of hydrogen-bond acceptors (Lipinski definition) is 7. The lowest BCUT2D eigenvalue weighted by Gasteiger charge is -1.99. The monoisotopic (exact) mass is 301 g/mol. The van der Waals surface area contributed by atoms with E-state index in [0.717, 1.165) is 25.5 Å². The van der Waals surface area contributed by atoms with E-state index < -0.39 is 0 Å². The summed E-state index contributed by atoms with van der Waals surface area (Å²) < 4.78 is 0.834. The zero-order valence-electron chi connectivity index (χ0n) is 10.5. The zero-order chi connectivity index (χ0) is 13.8. The van der Waals surface area contributed by atoms with Crippen LogP contribution in [0.15, 0.2) is 52.5 Å². The Balaban J connectivity index is 1.78. The van der Waals surface area contributed by atoms with Crippen molar-refractivity contribution in [1.29, 1.82) is 0 Å². The van der Waals surface area contributed by atoms with Crippen LogP contribution >= 0.6 is 23.1 Å². The molecule has 100 valence electrons. The van der Waals surface area contributed by atoms with E-state index in [1.807, 2.05) is 24.3 Å². The molecule has 3 rings (SSSR count). The van der Waals surface area contributed by atoms with E-state index in [1.54, 1.807) is 12.3 Å². The van der Waals surface area contributed by atoms with Gasteiger partial charge in [0.1, 0.15) is 5.03 Å². The molecule has 0 radical (unpaired) electrons. The fourth-order valence-corrected chi connectivity index (χ4v) is 3.21. The fourth-order valence-electron chi connectivity index (χ4n) is 1.56. The van der Waals surface area contributed by atoms with Crippen LogP contribution in [0.2, 0.25) is 0 Å². The van der Waals surface area contributed by atoms with Gasteiger partial charge >= 0.3 is 0 Å². The third kappa shape index (κ3) is 2.94. The quantitative estimate of drug-likeness (QED) is 0.730. The highest BCUT2D eigenvalue weighted by Crippen LogP contribution is 2.30. The minimum absolute atomic E-state index is 0.676. The molecule has 0 unspecified atom stereocenters. The highest BCUT2D eigenvalue weighted by molar-refractivity contribution is 8.01. The summed E-state index contributed by atoms with van der Waals surface area (Å²) in [6.07, 6.45) is 3.54. The van der Waals surface area contributed by atoms with Crippen molar-refractivity contribution < 1.29 is 0 Å². The first-order valence-corrected chi connectivity index (χ1v) is 7.56.